The van der Waals surface area contributed by atoms with E-state index in [9.17, 15) is 5.11 Å². The predicted molar refractivity (Wildman–Crippen MR) is 122 cm³/mol. The molecule has 1 fully saturated rings. The average molecular weight is 445 g/mol. The molecule has 0 aliphatic carbocycles. The van der Waals surface area contributed by atoms with Crippen LogP contribution >= 0.6 is 23.1 Å². The number of hydrogen-bond donors (Lipinski definition) is 1. The smallest absolute Gasteiger partial charge is 0.195 e. The lowest BCUT2D eigenvalue weighted by atomic mass is 10.2. The molecule has 1 aromatic carbocycles. The lowest BCUT2D eigenvalue weighted by molar-refractivity contribution is -0.0750. The van der Waals surface area contributed by atoms with Crippen molar-refractivity contribution in [2.75, 3.05) is 25.4 Å². The van der Waals surface area contributed by atoms with E-state index in [1.165, 1.54) is 4.88 Å². The fourth-order valence-electron chi connectivity index (χ4n) is 3.87. The van der Waals surface area contributed by atoms with Crippen LogP contribution in [-0.4, -0.2) is 68.5 Å². The van der Waals surface area contributed by atoms with Crippen molar-refractivity contribution in [1.82, 2.24) is 19.7 Å². The van der Waals surface area contributed by atoms with E-state index in [0.29, 0.717) is 12.3 Å². The number of hydrogen-bond acceptors (Lipinski definition) is 7. The highest BCUT2D eigenvalue weighted by atomic mass is 32.2. The van der Waals surface area contributed by atoms with E-state index in [4.69, 9.17) is 4.74 Å². The molecule has 3 unspecified atom stereocenters. The molecule has 160 valence electrons. The van der Waals surface area contributed by atoms with Crippen LogP contribution in [0, 0.1) is 0 Å². The van der Waals surface area contributed by atoms with Gasteiger partial charge in [-0.25, -0.2) is 0 Å². The molecule has 1 aliphatic rings. The van der Waals surface area contributed by atoms with Gasteiger partial charge in [-0.3, -0.25) is 9.47 Å². The fraction of sp³-hybridized carbons (Fsp3) is 0.455. The van der Waals surface area contributed by atoms with Crippen LogP contribution in [0.15, 0.2) is 53.0 Å². The van der Waals surface area contributed by atoms with E-state index in [1.807, 2.05) is 18.2 Å². The third-order valence-corrected chi connectivity index (χ3v) is 6.95. The molecule has 1 saturated heterocycles. The number of rotatable bonds is 8. The van der Waals surface area contributed by atoms with Crippen LogP contribution in [0.1, 0.15) is 24.5 Å². The topological polar surface area (TPSA) is 63.4 Å². The van der Waals surface area contributed by atoms with E-state index >= 15 is 0 Å². The van der Waals surface area contributed by atoms with Gasteiger partial charge in [0.2, 0.25) is 0 Å². The number of nitrogens with zero attached hydrogens (tertiary/aromatic N) is 4. The van der Waals surface area contributed by atoms with Gasteiger partial charge in [0.25, 0.3) is 0 Å². The zero-order valence-corrected chi connectivity index (χ0v) is 19.0. The van der Waals surface area contributed by atoms with E-state index in [-0.39, 0.29) is 12.2 Å². The number of aliphatic hydroxyl groups is 1. The van der Waals surface area contributed by atoms with Crippen molar-refractivity contribution >= 4 is 23.1 Å². The third kappa shape index (κ3) is 5.50. The number of aliphatic hydroxyl groups excluding tert-OH is 1. The maximum Gasteiger partial charge on any atom is 0.195 e. The second kappa shape index (κ2) is 10.1. The van der Waals surface area contributed by atoms with Crippen LogP contribution in [0.4, 0.5) is 0 Å². The highest BCUT2D eigenvalue weighted by molar-refractivity contribution is 7.99. The number of β-amino-alcohol motifs (C(OH)–C–C–N with tert-alkyl or cyclic N) is 1. The summed E-state index contributed by atoms with van der Waals surface area (Å²) >= 11 is 3.28. The van der Waals surface area contributed by atoms with Gasteiger partial charge < -0.3 is 9.84 Å². The van der Waals surface area contributed by atoms with Crippen LogP contribution in [0.3, 0.4) is 0 Å². The first-order chi connectivity index (χ1) is 14.6. The van der Waals surface area contributed by atoms with Crippen LogP contribution in [-0.2, 0) is 11.2 Å². The van der Waals surface area contributed by atoms with Crippen LogP contribution in [0.25, 0.3) is 5.69 Å². The van der Waals surface area contributed by atoms with E-state index in [1.54, 1.807) is 23.1 Å². The normalized spacial score (nSPS) is 21.0. The number of thiophene rings is 1. The van der Waals surface area contributed by atoms with Crippen molar-refractivity contribution in [2.45, 2.75) is 43.7 Å². The quantitative estimate of drug-likeness (QED) is 0.537. The molecule has 1 N–H and O–H groups in total. The Morgan fingerprint density at radius 3 is 2.60 bits per heavy atom. The first-order valence-electron chi connectivity index (χ1n) is 10.3. The standard InChI is InChI=1S/C22H28N4O2S2/c1-16-12-25(13-17(2)28-16)14-19(27)15-30-22-24-23-21(11-20-9-6-10-29-20)26(22)18-7-4-3-5-8-18/h3-10,16-17,19,27H,11-15H2,1-2H3. The Morgan fingerprint density at radius 2 is 1.90 bits per heavy atom. The molecule has 1 aliphatic heterocycles. The molecule has 0 bridgehead atoms. The fourth-order valence-corrected chi connectivity index (χ4v) is 5.46. The highest BCUT2D eigenvalue weighted by Crippen LogP contribution is 2.25. The van der Waals surface area contributed by atoms with E-state index in [2.05, 4.69) is 63.2 Å². The zero-order valence-electron chi connectivity index (χ0n) is 17.3. The van der Waals surface area contributed by atoms with Crippen molar-refractivity contribution in [1.29, 1.82) is 0 Å². The van der Waals surface area contributed by atoms with Gasteiger partial charge >= 0.3 is 0 Å². The summed E-state index contributed by atoms with van der Waals surface area (Å²) in [4.78, 5) is 3.54. The van der Waals surface area contributed by atoms with Gasteiger partial charge in [0, 0.05) is 42.4 Å². The average Bonchev–Trinajstić information content (AvgIpc) is 3.36. The monoisotopic (exact) mass is 444 g/mol. The summed E-state index contributed by atoms with van der Waals surface area (Å²) in [7, 11) is 0. The molecule has 2 aromatic heterocycles. The van der Waals surface area contributed by atoms with Gasteiger partial charge in [-0.15, -0.1) is 21.5 Å². The summed E-state index contributed by atoms with van der Waals surface area (Å²) in [6.45, 7) is 6.53. The highest BCUT2D eigenvalue weighted by Gasteiger charge is 2.24. The van der Waals surface area contributed by atoms with Crippen LogP contribution in [0.2, 0.25) is 0 Å². The predicted octanol–water partition coefficient (Wildman–Crippen LogP) is 3.48. The number of para-hydroxylation sites is 1. The second-order valence-electron chi connectivity index (χ2n) is 7.77. The number of benzene rings is 1. The maximum absolute atomic E-state index is 10.7. The minimum absolute atomic E-state index is 0.203. The Kier molecular flexibility index (Phi) is 7.22. The summed E-state index contributed by atoms with van der Waals surface area (Å²) < 4.78 is 7.90. The van der Waals surface area contributed by atoms with Crippen LogP contribution < -0.4 is 0 Å². The third-order valence-electron chi connectivity index (χ3n) is 5.00. The summed E-state index contributed by atoms with van der Waals surface area (Å²) in [5.74, 6) is 1.49. The number of morpholine rings is 1. The molecule has 3 atom stereocenters. The van der Waals surface area contributed by atoms with Crippen molar-refractivity contribution in [3.8, 4) is 5.69 Å². The maximum atomic E-state index is 10.7. The molecule has 0 amide bonds. The summed E-state index contributed by atoms with van der Waals surface area (Å²) in [6, 6.07) is 14.4. The SMILES string of the molecule is CC1CN(CC(O)CSc2nnc(Cc3cccs3)n2-c2ccccc2)CC(C)O1. The molecule has 0 spiro atoms. The summed E-state index contributed by atoms with van der Waals surface area (Å²) in [5.41, 5.74) is 1.04. The molecular formula is C22H28N4O2S2. The lowest BCUT2D eigenvalue weighted by Crippen LogP contribution is -2.48. The molecule has 3 aromatic rings. The molecule has 0 radical (unpaired) electrons. The Hall–Kier alpha value is -1.71. The number of thioether (sulfide) groups is 1. The Bertz CT molecular complexity index is 907. The van der Waals surface area contributed by atoms with Gasteiger partial charge in [0.15, 0.2) is 5.16 Å². The van der Waals surface area contributed by atoms with E-state index < -0.39 is 6.10 Å². The minimum atomic E-state index is -0.436. The van der Waals surface area contributed by atoms with Gasteiger partial charge in [0.05, 0.1) is 18.3 Å². The van der Waals surface area contributed by atoms with Crippen molar-refractivity contribution < 1.29 is 9.84 Å². The van der Waals surface area contributed by atoms with Gasteiger partial charge in [-0.2, -0.15) is 0 Å². The van der Waals surface area contributed by atoms with E-state index in [0.717, 1.165) is 36.2 Å². The molecular weight excluding hydrogens is 416 g/mol. The number of ether oxygens (including phenoxy) is 1. The Morgan fingerprint density at radius 1 is 1.13 bits per heavy atom. The van der Waals surface area contributed by atoms with Crippen molar-refractivity contribution in [2.24, 2.45) is 0 Å². The van der Waals surface area contributed by atoms with Gasteiger partial charge in [0.1, 0.15) is 5.82 Å². The molecule has 30 heavy (non-hydrogen) atoms. The Labute approximate surface area is 185 Å². The van der Waals surface area contributed by atoms with Crippen molar-refractivity contribution in [3.05, 3.63) is 58.5 Å². The second-order valence-corrected chi connectivity index (χ2v) is 9.79. The minimum Gasteiger partial charge on any atom is -0.391 e. The Balaban J connectivity index is 1.45. The zero-order chi connectivity index (χ0) is 20.9. The molecule has 3 heterocycles. The first kappa shape index (κ1) is 21.5. The summed E-state index contributed by atoms with van der Waals surface area (Å²) in [5, 5.41) is 22.5. The lowest BCUT2D eigenvalue weighted by Gasteiger charge is -2.36. The molecule has 6 nitrogen and oxygen atoms in total. The van der Waals surface area contributed by atoms with Crippen molar-refractivity contribution in [3.63, 3.8) is 0 Å². The van der Waals surface area contributed by atoms with Crippen LogP contribution in [0.5, 0.6) is 0 Å². The van der Waals surface area contributed by atoms with Gasteiger partial charge in [-0.1, -0.05) is 36.0 Å². The molecule has 0 saturated carbocycles. The summed E-state index contributed by atoms with van der Waals surface area (Å²) in [6.07, 6.45) is 0.713. The van der Waals surface area contributed by atoms with Gasteiger partial charge in [-0.05, 0) is 37.4 Å². The largest absolute Gasteiger partial charge is 0.391 e. The molecule has 4 rings (SSSR count). The first-order valence-corrected chi connectivity index (χ1v) is 12.2. The molecule has 8 heteroatoms. The number of aromatic nitrogens is 3.